The van der Waals surface area contributed by atoms with E-state index in [1.54, 1.807) is 55.5 Å². The maximum atomic E-state index is 13.0. The highest BCUT2D eigenvalue weighted by atomic mass is 16.8. The number of aliphatic hydroxyl groups is 7. The first-order valence-corrected chi connectivity index (χ1v) is 17.5. The van der Waals surface area contributed by atoms with Crippen molar-refractivity contribution in [1.82, 2.24) is 0 Å². The van der Waals surface area contributed by atoms with Crippen molar-refractivity contribution in [3.8, 4) is 0 Å². The Labute approximate surface area is 302 Å². The van der Waals surface area contributed by atoms with Crippen LogP contribution in [0.25, 0.3) is 0 Å². The molecule has 16 atom stereocenters. The molecule has 53 heavy (non-hydrogen) atoms. The molecular formula is C36H42O17. The topological polar surface area (TPSA) is 250 Å². The molecule has 0 amide bonds. The van der Waals surface area contributed by atoms with E-state index < -0.39 is 121 Å². The minimum absolute atomic E-state index is 0.0109. The van der Waals surface area contributed by atoms with Crippen LogP contribution < -0.4 is 0 Å². The molecule has 7 N–H and O–H groups in total. The zero-order valence-electron chi connectivity index (χ0n) is 28.5. The minimum atomic E-state index is -1.87. The van der Waals surface area contributed by atoms with Crippen molar-refractivity contribution in [3.63, 3.8) is 0 Å². The quantitative estimate of drug-likeness (QED) is 0.127. The molecule has 0 spiro atoms. The van der Waals surface area contributed by atoms with Gasteiger partial charge in [-0.15, -0.1) is 0 Å². The van der Waals surface area contributed by atoms with Crippen LogP contribution in [0.4, 0.5) is 0 Å². The Bertz CT molecular complexity index is 1680. The summed E-state index contributed by atoms with van der Waals surface area (Å²) < 4.78 is 47.3. The summed E-state index contributed by atoms with van der Waals surface area (Å²) in [7, 11) is 0. The fraction of sp³-hybridized carbons (Fsp3) is 0.611. The number of ether oxygens (including phenoxy) is 8. The Kier molecular flexibility index (Phi) is 9.21. The van der Waals surface area contributed by atoms with Gasteiger partial charge in [-0.2, -0.15) is 0 Å². The van der Waals surface area contributed by atoms with Crippen molar-refractivity contribution in [2.75, 3.05) is 19.8 Å². The van der Waals surface area contributed by atoms with Crippen LogP contribution in [0.5, 0.6) is 0 Å². The number of carbonyl (C=O) groups excluding carboxylic acids is 2. The lowest BCUT2D eigenvalue weighted by atomic mass is 9.41. The van der Waals surface area contributed by atoms with Gasteiger partial charge >= 0.3 is 11.9 Å². The highest BCUT2D eigenvalue weighted by Gasteiger charge is 2.94. The van der Waals surface area contributed by atoms with E-state index in [0.29, 0.717) is 5.56 Å². The van der Waals surface area contributed by atoms with Gasteiger partial charge in [0.05, 0.1) is 23.1 Å². The van der Waals surface area contributed by atoms with Gasteiger partial charge in [0.25, 0.3) is 0 Å². The fourth-order valence-corrected chi connectivity index (χ4v) is 9.16. The summed E-state index contributed by atoms with van der Waals surface area (Å²) >= 11 is 0. The Morgan fingerprint density at radius 1 is 0.774 bits per heavy atom. The molecule has 5 saturated heterocycles. The van der Waals surface area contributed by atoms with Crippen LogP contribution in [0.3, 0.4) is 0 Å². The van der Waals surface area contributed by atoms with Gasteiger partial charge in [0, 0.05) is 12.3 Å². The zero-order valence-corrected chi connectivity index (χ0v) is 28.5. The van der Waals surface area contributed by atoms with Crippen molar-refractivity contribution in [2.45, 2.75) is 104 Å². The lowest BCUT2D eigenvalue weighted by Gasteiger charge is -2.67. The second-order valence-electron chi connectivity index (χ2n) is 14.8. The van der Waals surface area contributed by atoms with Gasteiger partial charge in [0.2, 0.25) is 0 Å². The highest BCUT2D eigenvalue weighted by molar-refractivity contribution is 5.89. The normalized spacial score (nSPS) is 46.5. The average Bonchev–Trinajstić information content (AvgIpc) is 3.35. The van der Waals surface area contributed by atoms with Gasteiger partial charge in [-0.1, -0.05) is 36.4 Å². The third-order valence-electron chi connectivity index (χ3n) is 11.9. The van der Waals surface area contributed by atoms with Crippen LogP contribution in [0, 0.1) is 11.3 Å². The van der Waals surface area contributed by atoms with E-state index in [1.807, 2.05) is 0 Å². The Morgan fingerprint density at radius 2 is 1.38 bits per heavy atom. The minimum Gasteiger partial charge on any atom is -0.461 e. The summed E-state index contributed by atoms with van der Waals surface area (Å²) in [4.78, 5) is 25.5. The third-order valence-corrected chi connectivity index (χ3v) is 11.9. The number of carbonyl (C=O) groups is 2. The Balaban J connectivity index is 0.976. The zero-order chi connectivity index (χ0) is 37.5. The molecule has 0 unspecified atom stereocenters. The van der Waals surface area contributed by atoms with Crippen molar-refractivity contribution in [1.29, 1.82) is 0 Å². The Morgan fingerprint density at radius 3 is 2.02 bits per heavy atom. The van der Waals surface area contributed by atoms with Crippen molar-refractivity contribution < 1.29 is 83.2 Å². The lowest BCUT2D eigenvalue weighted by molar-refractivity contribution is -0.428. The number of hydrogen-bond acceptors (Lipinski definition) is 17. The summed E-state index contributed by atoms with van der Waals surface area (Å²) in [6.45, 7) is 0.104. The van der Waals surface area contributed by atoms with Gasteiger partial charge in [-0.3, -0.25) is 0 Å². The standard InChI is InChI=1S/C36H42O17/c1-33-15-35(45)21-12-36(33,34(21,32(52-33)53-35)16-47-29(44)18-10-6-3-7-11-18)51-31-26(42)24(40)27(19(13-37)48-31)50-30-25(41)23(39)22(38)20(49-30)14-46-28(43)17-8-4-2-5-9-17/h2-11,19-27,30-32,37-42,45H,12-16H2,1H3/t19-,20-,21-,22-,23+,24-,25-,26-,27-,30+,31+,32-,33+,34+,35-,36+/m1/s1. The summed E-state index contributed by atoms with van der Waals surface area (Å²) in [5.41, 5.74) is -3.28. The SMILES string of the molecule is C[C@@]12C[C@@]3(O)O[C@@H](O1)[C@]1(COC(=O)c4ccccc4)[C@H]3C[C@@]12O[C@@H]1O[C@H](CO)[C@@H](O[C@@H]2O[C@H](COC(=O)c3ccccc3)[C@@H](O)[C@H](O)[C@H]2O)[C@H](O)[C@H]1O. The number of rotatable bonds is 11. The predicted octanol–water partition coefficient (Wildman–Crippen LogP) is -1.67. The first kappa shape index (κ1) is 36.8. The number of benzene rings is 2. The van der Waals surface area contributed by atoms with E-state index in [-0.39, 0.29) is 25.0 Å². The van der Waals surface area contributed by atoms with Crippen LogP contribution in [0.2, 0.25) is 0 Å². The summed E-state index contributed by atoms with van der Waals surface area (Å²) in [6, 6.07) is 16.3. The van der Waals surface area contributed by atoms with Crippen molar-refractivity contribution >= 4 is 11.9 Å². The van der Waals surface area contributed by atoms with Gasteiger partial charge in [0.1, 0.15) is 73.2 Å². The average molecular weight is 747 g/mol. The summed E-state index contributed by atoms with van der Waals surface area (Å²) in [6.07, 6.45) is -17.7. The number of hydrogen-bond donors (Lipinski definition) is 7. The van der Waals surface area contributed by atoms with E-state index in [9.17, 15) is 45.3 Å². The lowest BCUT2D eigenvalue weighted by Crippen LogP contribution is -2.81. The van der Waals surface area contributed by atoms with Crippen molar-refractivity contribution in [3.05, 3.63) is 71.8 Å². The predicted molar refractivity (Wildman–Crippen MR) is 171 cm³/mol. The van der Waals surface area contributed by atoms with E-state index >= 15 is 0 Å². The van der Waals surface area contributed by atoms with Gasteiger partial charge in [0.15, 0.2) is 24.7 Å². The van der Waals surface area contributed by atoms with Gasteiger partial charge in [-0.05, 0) is 37.6 Å². The summed E-state index contributed by atoms with van der Waals surface area (Å²) in [5.74, 6) is -3.52. The second kappa shape index (κ2) is 13.3. The smallest absolute Gasteiger partial charge is 0.338 e. The maximum absolute atomic E-state index is 13.0. The molecule has 17 nitrogen and oxygen atoms in total. The molecule has 2 aromatic rings. The van der Waals surface area contributed by atoms with Gasteiger partial charge < -0.3 is 73.6 Å². The molecule has 8 aliphatic rings. The van der Waals surface area contributed by atoms with Gasteiger partial charge in [-0.25, -0.2) is 9.59 Å². The van der Waals surface area contributed by atoms with E-state index in [2.05, 4.69) is 0 Å². The van der Waals surface area contributed by atoms with E-state index in [4.69, 9.17) is 37.9 Å². The molecule has 288 valence electrons. The van der Waals surface area contributed by atoms with Crippen LogP contribution in [0.1, 0.15) is 40.5 Å². The summed E-state index contributed by atoms with van der Waals surface area (Å²) in [5, 5.41) is 76.5. The molecule has 6 bridgehead atoms. The molecule has 8 fully saturated rings. The first-order valence-electron chi connectivity index (χ1n) is 17.5. The molecule has 0 radical (unpaired) electrons. The van der Waals surface area contributed by atoms with Crippen LogP contribution in [-0.4, -0.2) is 152 Å². The third kappa shape index (κ3) is 5.48. The fourth-order valence-electron chi connectivity index (χ4n) is 9.16. The van der Waals surface area contributed by atoms with Crippen molar-refractivity contribution in [2.24, 2.45) is 11.3 Å². The highest BCUT2D eigenvalue weighted by Crippen LogP contribution is 2.81. The molecule has 5 heterocycles. The van der Waals surface area contributed by atoms with Crippen LogP contribution in [0.15, 0.2) is 60.7 Å². The molecular weight excluding hydrogens is 704 g/mol. The monoisotopic (exact) mass is 746 g/mol. The molecule has 3 saturated carbocycles. The first-order chi connectivity index (χ1) is 25.3. The van der Waals surface area contributed by atoms with Crippen LogP contribution >= 0.6 is 0 Å². The largest absolute Gasteiger partial charge is 0.461 e. The molecule has 10 rings (SSSR count). The molecule has 17 heteroatoms. The maximum Gasteiger partial charge on any atom is 0.338 e. The molecule has 5 aliphatic heterocycles. The Hall–Kier alpha value is -3.14. The molecule has 3 aliphatic carbocycles. The molecule has 0 aromatic heterocycles. The second-order valence-corrected chi connectivity index (χ2v) is 14.8. The molecule has 2 aromatic carbocycles. The number of aliphatic hydroxyl groups excluding tert-OH is 6. The number of esters is 2. The van der Waals surface area contributed by atoms with Crippen LogP contribution in [-0.2, 0) is 37.9 Å². The van der Waals surface area contributed by atoms with E-state index in [0.717, 1.165) is 0 Å². The van der Waals surface area contributed by atoms with E-state index in [1.165, 1.54) is 12.1 Å².